The second kappa shape index (κ2) is 7.34. The van der Waals surface area contributed by atoms with Gasteiger partial charge >= 0.3 is 0 Å². The van der Waals surface area contributed by atoms with Crippen LogP contribution in [0.15, 0.2) is 29.4 Å². The van der Waals surface area contributed by atoms with Gasteiger partial charge in [-0.05, 0) is 38.8 Å². The molecule has 0 spiro atoms. The summed E-state index contributed by atoms with van der Waals surface area (Å²) in [6.07, 6.45) is 1.56. The molecule has 0 aliphatic heterocycles. The number of aromatic amines is 1. The van der Waals surface area contributed by atoms with Crippen LogP contribution >= 0.6 is 0 Å². The molecule has 0 aliphatic carbocycles. The monoisotopic (exact) mass is 351 g/mol. The van der Waals surface area contributed by atoms with Gasteiger partial charge in [-0.15, -0.1) is 0 Å². The zero-order chi connectivity index (χ0) is 17.9. The van der Waals surface area contributed by atoms with E-state index in [2.05, 4.69) is 9.97 Å². The molecule has 1 amide bonds. The fraction of sp³-hybridized carbons (Fsp3) is 0.529. The van der Waals surface area contributed by atoms with Crippen molar-refractivity contribution in [1.82, 2.24) is 14.9 Å². The van der Waals surface area contributed by atoms with Gasteiger partial charge in [0.1, 0.15) is 5.75 Å². The fourth-order valence-electron chi connectivity index (χ4n) is 2.70. The molecule has 7 heteroatoms. The third kappa shape index (κ3) is 3.77. The summed E-state index contributed by atoms with van der Waals surface area (Å²) in [4.78, 5) is 21.2. The highest BCUT2D eigenvalue weighted by Crippen LogP contribution is 2.18. The van der Waals surface area contributed by atoms with Crippen molar-refractivity contribution < 1.29 is 13.2 Å². The van der Waals surface area contributed by atoms with E-state index in [-0.39, 0.29) is 23.1 Å². The molecular weight excluding hydrogens is 326 g/mol. The quantitative estimate of drug-likeness (QED) is 0.831. The van der Waals surface area contributed by atoms with E-state index in [9.17, 15) is 13.2 Å². The van der Waals surface area contributed by atoms with Crippen LogP contribution in [0.3, 0.4) is 0 Å². The number of amides is 1. The fourth-order valence-corrected chi connectivity index (χ4v) is 3.82. The topological polar surface area (TPSA) is 83.1 Å². The van der Waals surface area contributed by atoms with Gasteiger partial charge in [-0.2, -0.15) is 0 Å². The lowest BCUT2D eigenvalue weighted by molar-refractivity contribution is -0.132. The Labute approximate surface area is 143 Å². The molecule has 0 bridgehead atoms. The molecular formula is C17H25N3O3S. The molecule has 2 aromatic rings. The summed E-state index contributed by atoms with van der Waals surface area (Å²) in [5.41, 5.74) is 1.22. The summed E-state index contributed by atoms with van der Waals surface area (Å²) in [5, 5.41) is -0.148. The van der Waals surface area contributed by atoms with Crippen LogP contribution in [0, 0.1) is 0 Å². The van der Waals surface area contributed by atoms with E-state index in [0.717, 1.165) is 12.8 Å². The molecule has 1 heterocycles. The predicted octanol–water partition coefficient (Wildman–Crippen LogP) is 2.76. The summed E-state index contributed by atoms with van der Waals surface area (Å²) >= 11 is 0. The lowest BCUT2D eigenvalue weighted by Gasteiger charge is -2.33. The summed E-state index contributed by atoms with van der Waals surface area (Å²) in [7, 11) is -3.81. The van der Waals surface area contributed by atoms with Crippen molar-refractivity contribution in [3.63, 3.8) is 0 Å². The van der Waals surface area contributed by atoms with E-state index >= 15 is 0 Å². The molecule has 6 nitrogen and oxygen atoms in total. The summed E-state index contributed by atoms with van der Waals surface area (Å²) in [6.45, 7) is 7.86. The Kier molecular flexibility index (Phi) is 5.64. The summed E-state index contributed by atoms with van der Waals surface area (Å²) < 4.78 is 25.2. The van der Waals surface area contributed by atoms with Gasteiger partial charge in [-0.25, -0.2) is 13.4 Å². The highest BCUT2D eigenvalue weighted by molar-refractivity contribution is 7.91. The van der Waals surface area contributed by atoms with Crippen molar-refractivity contribution in [2.45, 2.75) is 57.8 Å². The van der Waals surface area contributed by atoms with Gasteiger partial charge in [0.05, 0.1) is 11.0 Å². The third-order valence-electron chi connectivity index (χ3n) is 4.40. The molecule has 0 fully saturated rings. The predicted molar refractivity (Wildman–Crippen MR) is 94.5 cm³/mol. The first kappa shape index (κ1) is 18.4. The Balaban J connectivity index is 2.27. The molecule has 0 aliphatic rings. The van der Waals surface area contributed by atoms with Crippen LogP contribution in [-0.4, -0.2) is 47.0 Å². The van der Waals surface area contributed by atoms with Crippen molar-refractivity contribution in [2.75, 3.05) is 5.75 Å². The van der Waals surface area contributed by atoms with Crippen LogP contribution < -0.4 is 0 Å². The number of H-pyrrole nitrogens is 1. The zero-order valence-electron chi connectivity index (χ0n) is 14.6. The number of nitrogens with zero attached hydrogens (tertiary/aromatic N) is 2. The molecule has 1 aromatic carbocycles. The maximum absolute atomic E-state index is 12.7. The van der Waals surface area contributed by atoms with Gasteiger partial charge in [-0.1, -0.05) is 26.0 Å². The SMILES string of the molecule is CC[C@H](C)N(C(=O)CS(=O)(=O)c1nc2ccccc2[nH]1)[C@@H](C)CC. The number of fused-ring (bicyclic) bond motifs is 1. The minimum Gasteiger partial charge on any atom is -0.336 e. The average Bonchev–Trinajstić information content (AvgIpc) is 2.99. The molecule has 0 radical (unpaired) electrons. The van der Waals surface area contributed by atoms with Crippen LogP contribution in [0.4, 0.5) is 0 Å². The van der Waals surface area contributed by atoms with E-state index in [1.54, 1.807) is 29.2 Å². The lowest BCUT2D eigenvalue weighted by atomic mass is 10.1. The van der Waals surface area contributed by atoms with Crippen molar-refractivity contribution in [1.29, 1.82) is 0 Å². The standard InChI is InChI=1S/C17H25N3O3S/c1-5-12(3)20(13(4)6-2)16(21)11-24(22,23)17-18-14-9-7-8-10-15(14)19-17/h7-10,12-13H,5-6,11H2,1-4H3,(H,18,19)/t12-,13-/m0/s1. The third-order valence-corrected chi connectivity index (χ3v) is 5.80. The number of rotatable bonds is 7. The minimum absolute atomic E-state index is 0.00155. The van der Waals surface area contributed by atoms with Crippen LogP contribution in [-0.2, 0) is 14.6 Å². The molecule has 132 valence electrons. The first-order valence-corrected chi connectivity index (χ1v) is 9.94. The highest BCUT2D eigenvalue weighted by Gasteiger charge is 2.30. The average molecular weight is 351 g/mol. The Hall–Kier alpha value is -1.89. The van der Waals surface area contributed by atoms with Gasteiger partial charge in [-0.3, -0.25) is 4.79 Å². The van der Waals surface area contributed by atoms with Gasteiger partial charge < -0.3 is 9.88 Å². The lowest BCUT2D eigenvalue weighted by Crippen LogP contribution is -2.46. The van der Waals surface area contributed by atoms with E-state index in [1.807, 2.05) is 27.7 Å². The number of imidazole rings is 1. The van der Waals surface area contributed by atoms with E-state index in [1.165, 1.54) is 0 Å². The van der Waals surface area contributed by atoms with E-state index < -0.39 is 15.6 Å². The molecule has 1 aromatic heterocycles. The molecule has 24 heavy (non-hydrogen) atoms. The number of carbonyl (C=O) groups excluding carboxylic acids is 1. The van der Waals surface area contributed by atoms with Crippen molar-refractivity contribution in [3.05, 3.63) is 24.3 Å². The molecule has 0 unspecified atom stereocenters. The van der Waals surface area contributed by atoms with E-state index in [4.69, 9.17) is 0 Å². The Morgan fingerprint density at radius 3 is 2.29 bits per heavy atom. The van der Waals surface area contributed by atoms with Crippen molar-refractivity contribution in [3.8, 4) is 0 Å². The highest BCUT2D eigenvalue weighted by atomic mass is 32.2. The van der Waals surface area contributed by atoms with Gasteiger partial charge in [0.15, 0.2) is 0 Å². The molecule has 0 saturated heterocycles. The largest absolute Gasteiger partial charge is 0.336 e. The number of sulfone groups is 1. The number of nitrogens with one attached hydrogen (secondary N) is 1. The first-order valence-electron chi connectivity index (χ1n) is 8.28. The number of carbonyl (C=O) groups is 1. The van der Waals surface area contributed by atoms with Gasteiger partial charge in [0.25, 0.3) is 0 Å². The van der Waals surface area contributed by atoms with Gasteiger partial charge in [0, 0.05) is 12.1 Å². The Bertz CT molecular complexity index is 770. The number of para-hydroxylation sites is 2. The summed E-state index contributed by atoms with van der Waals surface area (Å²) in [6, 6.07) is 7.08. The molecule has 1 N–H and O–H groups in total. The van der Waals surface area contributed by atoms with Gasteiger partial charge in [0.2, 0.25) is 20.9 Å². The van der Waals surface area contributed by atoms with Crippen molar-refractivity contribution >= 4 is 26.8 Å². The maximum atomic E-state index is 12.7. The molecule has 0 saturated carbocycles. The second-order valence-electron chi connectivity index (χ2n) is 6.13. The van der Waals surface area contributed by atoms with E-state index in [0.29, 0.717) is 11.0 Å². The van der Waals surface area contributed by atoms with Crippen LogP contribution in [0.2, 0.25) is 0 Å². The van der Waals surface area contributed by atoms with Crippen LogP contribution in [0.1, 0.15) is 40.5 Å². The second-order valence-corrected chi connectivity index (χ2v) is 8.04. The first-order chi connectivity index (χ1) is 11.3. The minimum atomic E-state index is -3.81. The maximum Gasteiger partial charge on any atom is 0.238 e. The Morgan fingerprint density at radius 2 is 1.75 bits per heavy atom. The number of hydrogen-bond acceptors (Lipinski definition) is 4. The number of hydrogen-bond donors (Lipinski definition) is 1. The number of benzene rings is 1. The summed E-state index contributed by atoms with van der Waals surface area (Å²) in [5.74, 6) is -0.944. The molecule has 2 rings (SSSR count). The Morgan fingerprint density at radius 1 is 1.17 bits per heavy atom. The van der Waals surface area contributed by atoms with Crippen molar-refractivity contribution in [2.24, 2.45) is 0 Å². The van der Waals surface area contributed by atoms with Crippen LogP contribution in [0.5, 0.6) is 0 Å². The normalized spacial score (nSPS) is 14.5. The smallest absolute Gasteiger partial charge is 0.238 e. The molecule has 2 atom stereocenters. The zero-order valence-corrected chi connectivity index (χ0v) is 15.4. The number of aromatic nitrogens is 2. The van der Waals surface area contributed by atoms with Crippen LogP contribution in [0.25, 0.3) is 11.0 Å².